The van der Waals surface area contributed by atoms with Gasteiger partial charge >= 0.3 is 0 Å². The smallest absolute Gasteiger partial charge is 0.227 e. The molecule has 1 amide bonds. The first-order valence-corrected chi connectivity index (χ1v) is 5.01. The predicted molar refractivity (Wildman–Crippen MR) is 60.7 cm³/mol. The number of carbonyl (C=O) groups excluding carboxylic acids is 1. The number of nitrogens with two attached hydrogens (primary N) is 1. The van der Waals surface area contributed by atoms with Crippen LogP contribution in [0.15, 0.2) is 23.4 Å². The lowest BCUT2D eigenvalue weighted by Gasteiger charge is -2.25. The minimum atomic E-state index is 0.0855. The summed E-state index contributed by atoms with van der Waals surface area (Å²) in [6.07, 6.45) is 1.20. The summed E-state index contributed by atoms with van der Waals surface area (Å²) >= 11 is 0. The van der Waals surface area contributed by atoms with Crippen LogP contribution in [0.4, 0.5) is 5.69 Å². The highest BCUT2D eigenvalue weighted by atomic mass is 16.4. The van der Waals surface area contributed by atoms with Gasteiger partial charge in [0.15, 0.2) is 5.84 Å². The molecular weight excluding hydrogens is 206 g/mol. The van der Waals surface area contributed by atoms with Crippen LogP contribution in [0, 0.1) is 0 Å². The largest absolute Gasteiger partial charge is 0.409 e. The number of fused-ring (bicyclic) bond motifs is 1. The Balaban J connectivity index is 2.45. The van der Waals surface area contributed by atoms with E-state index in [0.29, 0.717) is 18.4 Å². The monoisotopic (exact) mass is 219 g/mol. The number of anilines is 1. The zero-order valence-corrected chi connectivity index (χ0v) is 8.97. The molecule has 0 unspecified atom stereocenters. The molecule has 1 aromatic rings. The van der Waals surface area contributed by atoms with Crippen LogP contribution in [0.25, 0.3) is 0 Å². The van der Waals surface area contributed by atoms with E-state index in [2.05, 4.69) is 5.16 Å². The SMILES string of the molecule is CN1C(=O)CCc2cc(/C(N)=N/O)ccc21. The number of amides is 1. The first-order valence-electron chi connectivity index (χ1n) is 5.01. The maximum absolute atomic E-state index is 11.5. The van der Waals surface area contributed by atoms with E-state index in [1.165, 1.54) is 0 Å². The van der Waals surface area contributed by atoms with Gasteiger partial charge in [-0.25, -0.2) is 0 Å². The fourth-order valence-corrected chi connectivity index (χ4v) is 1.87. The summed E-state index contributed by atoms with van der Waals surface area (Å²) in [6.45, 7) is 0. The molecule has 2 rings (SSSR count). The maximum Gasteiger partial charge on any atom is 0.227 e. The average molecular weight is 219 g/mol. The second-order valence-corrected chi connectivity index (χ2v) is 3.78. The molecule has 1 aliphatic rings. The number of carbonyl (C=O) groups is 1. The molecule has 0 spiro atoms. The van der Waals surface area contributed by atoms with Crippen molar-refractivity contribution in [3.63, 3.8) is 0 Å². The van der Waals surface area contributed by atoms with Gasteiger partial charge < -0.3 is 15.8 Å². The molecule has 0 aliphatic carbocycles. The van der Waals surface area contributed by atoms with Crippen LogP contribution in [0.2, 0.25) is 0 Å². The normalized spacial score (nSPS) is 16.2. The Hall–Kier alpha value is -2.04. The van der Waals surface area contributed by atoms with Crippen LogP contribution in [-0.2, 0) is 11.2 Å². The van der Waals surface area contributed by atoms with Crippen molar-refractivity contribution in [2.45, 2.75) is 12.8 Å². The lowest BCUT2D eigenvalue weighted by molar-refractivity contribution is -0.118. The second-order valence-electron chi connectivity index (χ2n) is 3.78. The molecule has 0 saturated carbocycles. The van der Waals surface area contributed by atoms with Crippen molar-refractivity contribution in [1.82, 2.24) is 0 Å². The summed E-state index contributed by atoms with van der Waals surface area (Å²) in [7, 11) is 1.75. The summed E-state index contributed by atoms with van der Waals surface area (Å²) in [5.41, 5.74) is 8.12. The van der Waals surface area contributed by atoms with E-state index in [-0.39, 0.29) is 11.7 Å². The van der Waals surface area contributed by atoms with Gasteiger partial charge in [-0.1, -0.05) is 5.16 Å². The molecule has 0 fully saturated rings. The highest BCUT2D eigenvalue weighted by Crippen LogP contribution is 2.27. The molecule has 5 heteroatoms. The van der Waals surface area contributed by atoms with Gasteiger partial charge in [0.1, 0.15) is 0 Å². The van der Waals surface area contributed by atoms with Gasteiger partial charge in [-0.3, -0.25) is 4.79 Å². The zero-order chi connectivity index (χ0) is 11.7. The fraction of sp³-hybridized carbons (Fsp3) is 0.273. The van der Waals surface area contributed by atoms with Gasteiger partial charge in [0.25, 0.3) is 0 Å². The third kappa shape index (κ3) is 1.60. The van der Waals surface area contributed by atoms with Gasteiger partial charge in [0.2, 0.25) is 5.91 Å². The fourth-order valence-electron chi connectivity index (χ4n) is 1.87. The number of nitrogens with zero attached hydrogens (tertiary/aromatic N) is 2. The van der Waals surface area contributed by atoms with Crippen LogP contribution in [0.5, 0.6) is 0 Å². The first-order chi connectivity index (χ1) is 7.63. The first kappa shape index (κ1) is 10.5. The summed E-state index contributed by atoms with van der Waals surface area (Å²) in [6, 6.07) is 5.41. The molecule has 0 aromatic heterocycles. The average Bonchev–Trinajstić information content (AvgIpc) is 2.32. The lowest BCUT2D eigenvalue weighted by Crippen LogP contribution is -2.31. The Morgan fingerprint density at radius 2 is 2.25 bits per heavy atom. The molecule has 0 bridgehead atoms. The molecule has 0 radical (unpaired) electrons. The second kappa shape index (κ2) is 3.84. The Labute approximate surface area is 93.2 Å². The third-order valence-electron chi connectivity index (χ3n) is 2.83. The molecule has 0 saturated heterocycles. The zero-order valence-electron chi connectivity index (χ0n) is 8.97. The summed E-state index contributed by atoms with van der Waals surface area (Å²) in [5, 5.41) is 11.5. The van der Waals surface area contributed by atoms with Crippen molar-refractivity contribution in [3.05, 3.63) is 29.3 Å². The van der Waals surface area contributed by atoms with Crippen LogP contribution >= 0.6 is 0 Å². The lowest BCUT2D eigenvalue weighted by atomic mass is 9.99. The molecule has 84 valence electrons. The molecule has 5 nitrogen and oxygen atoms in total. The standard InChI is InChI=1S/C11H13N3O2/c1-14-9-4-2-8(11(12)13-16)6-7(9)3-5-10(14)15/h2,4,6,16H,3,5H2,1H3,(H2,12,13). The van der Waals surface area contributed by atoms with E-state index in [1.54, 1.807) is 18.0 Å². The van der Waals surface area contributed by atoms with Crippen LogP contribution in [-0.4, -0.2) is 24.0 Å². The summed E-state index contributed by atoms with van der Waals surface area (Å²) in [4.78, 5) is 13.1. The van der Waals surface area contributed by atoms with Crippen molar-refractivity contribution in [3.8, 4) is 0 Å². The van der Waals surface area contributed by atoms with E-state index < -0.39 is 0 Å². The van der Waals surface area contributed by atoms with Crippen LogP contribution in [0.3, 0.4) is 0 Å². The molecular formula is C11H13N3O2. The van der Waals surface area contributed by atoms with Crippen LogP contribution in [0.1, 0.15) is 17.5 Å². The Morgan fingerprint density at radius 1 is 1.50 bits per heavy atom. The number of hydrogen-bond acceptors (Lipinski definition) is 3. The number of benzene rings is 1. The van der Waals surface area contributed by atoms with Gasteiger partial charge in [-0.2, -0.15) is 0 Å². The van der Waals surface area contributed by atoms with Crippen molar-refractivity contribution in [2.24, 2.45) is 10.9 Å². The highest BCUT2D eigenvalue weighted by Gasteiger charge is 2.21. The number of rotatable bonds is 1. The molecule has 0 atom stereocenters. The molecule has 1 heterocycles. The van der Waals surface area contributed by atoms with E-state index in [9.17, 15) is 4.79 Å². The minimum Gasteiger partial charge on any atom is -0.409 e. The van der Waals surface area contributed by atoms with Crippen LogP contribution < -0.4 is 10.6 Å². The third-order valence-corrected chi connectivity index (χ3v) is 2.83. The van der Waals surface area contributed by atoms with Gasteiger partial charge in [0.05, 0.1) is 0 Å². The Bertz CT molecular complexity index is 468. The quantitative estimate of drug-likeness (QED) is 0.315. The van der Waals surface area contributed by atoms with Gasteiger partial charge in [-0.05, 0) is 30.2 Å². The number of hydrogen-bond donors (Lipinski definition) is 2. The van der Waals surface area contributed by atoms with Crippen molar-refractivity contribution < 1.29 is 10.0 Å². The molecule has 16 heavy (non-hydrogen) atoms. The number of aryl methyl sites for hydroxylation is 1. The summed E-state index contributed by atoms with van der Waals surface area (Å²) < 4.78 is 0. The Kier molecular flexibility index (Phi) is 2.52. The van der Waals surface area contributed by atoms with E-state index in [0.717, 1.165) is 11.3 Å². The van der Waals surface area contributed by atoms with Crippen molar-refractivity contribution in [1.29, 1.82) is 0 Å². The van der Waals surface area contributed by atoms with E-state index in [1.807, 2.05) is 12.1 Å². The highest BCUT2D eigenvalue weighted by molar-refractivity contribution is 6.00. The van der Waals surface area contributed by atoms with Gasteiger partial charge in [-0.15, -0.1) is 0 Å². The Morgan fingerprint density at radius 3 is 2.94 bits per heavy atom. The number of oxime groups is 1. The summed E-state index contributed by atoms with van der Waals surface area (Å²) in [5.74, 6) is 0.200. The van der Waals surface area contributed by atoms with E-state index >= 15 is 0 Å². The van der Waals surface area contributed by atoms with E-state index in [4.69, 9.17) is 10.9 Å². The topological polar surface area (TPSA) is 78.9 Å². The molecule has 1 aromatic carbocycles. The van der Waals surface area contributed by atoms with Crippen molar-refractivity contribution in [2.75, 3.05) is 11.9 Å². The van der Waals surface area contributed by atoms with Crippen molar-refractivity contribution >= 4 is 17.4 Å². The predicted octanol–water partition coefficient (Wildman–Crippen LogP) is 0.690. The minimum absolute atomic E-state index is 0.0855. The maximum atomic E-state index is 11.5. The van der Waals surface area contributed by atoms with Gasteiger partial charge in [0, 0.05) is 24.7 Å². The molecule has 1 aliphatic heterocycles. The number of amidine groups is 1. The molecule has 3 N–H and O–H groups in total.